The smallest absolute Gasteiger partial charge is 0.302 e. The lowest BCUT2D eigenvalue weighted by Gasteiger charge is -2.59. The number of rotatable bonds is 4. The van der Waals surface area contributed by atoms with Crippen LogP contribution in [-0.2, 0) is 14.0 Å². The highest BCUT2D eigenvalue weighted by atomic mass is 28.4. The maximum atomic E-state index is 11.8. The van der Waals surface area contributed by atoms with Crippen molar-refractivity contribution in [1.29, 1.82) is 0 Å². The average molecular weight is 447 g/mol. The van der Waals surface area contributed by atoms with E-state index in [2.05, 4.69) is 46.9 Å². The summed E-state index contributed by atoms with van der Waals surface area (Å²) in [5.74, 6) is 2.10. The average Bonchev–Trinajstić information content (AvgIpc) is 3.01. The van der Waals surface area contributed by atoms with Crippen molar-refractivity contribution in [1.82, 2.24) is 0 Å². The van der Waals surface area contributed by atoms with E-state index < -0.39 is 8.32 Å². The highest BCUT2D eigenvalue weighted by Gasteiger charge is 2.61. The van der Waals surface area contributed by atoms with Crippen LogP contribution in [0.2, 0.25) is 18.1 Å². The molecule has 0 heterocycles. The van der Waals surface area contributed by atoms with Crippen LogP contribution in [0.4, 0.5) is 0 Å². The Kier molecular flexibility index (Phi) is 6.08. The molecule has 3 nitrogen and oxygen atoms in total. The minimum Gasteiger partial charge on any atom is -0.462 e. The molecule has 0 N–H and O–H groups in total. The van der Waals surface area contributed by atoms with Crippen LogP contribution < -0.4 is 0 Å². The van der Waals surface area contributed by atoms with Gasteiger partial charge in [-0.2, -0.15) is 0 Å². The zero-order valence-corrected chi connectivity index (χ0v) is 22.2. The highest BCUT2D eigenvalue weighted by Crippen LogP contribution is 2.66. The van der Waals surface area contributed by atoms with Crippen LogP contribution in [0.25, 0.3) is 0 Å². The quantitative estimate of drug-likeness (QED) is 0.259. The summed E-state index contributed by atoms with van der Waals surface area (Å²) in [6, 6.07) is 0. The first-order valence-electron chi connectivity index (χ1n) is 12.9. The fraction of sp³-hybridized carbons (Fsp3) is 0.889. The van der Waals surface area contributed by atoms with Gasteiger partial charge < -0.3 is 9.16 Å². The Balaban J connectivity index is 1.61. The van der Waals surface area contributed by atoms with Gasteiger partial charge in [0.05, 0.1) is 0 Å². The minimum atomic E-state index is -1.78. The van der Waals surface area contributed by atoms with Crippen molar-refractivity contribution in [2.24, 2.45) is 28.6 Å². The SMILES string of the molecule is CC(=O)O[C@H]1CC[C@H]2[C@@H]3CCC4=CCCC[C@]4(CO[Si](C)(C)C(C)(C)C)[C@H]3CC[C@]12C. The molecule has 0 saturated heterocycles. The fourth-order valence-electron chi connectivity index (χ4n) is 7.67. The Morgan fingerprint density at radius 3 is 2.55 bits per heavy atom. The van der Waals surface area contributed by atoms with Gasteiger partial charge >= 0.3 is 5.97 Å². The number of allylic oxidation sites excluding steroid dienone is 1. The summed E-state index contributed by atoms with van der Waals surface area (Å²) in [7, 11) is -1.78. The second kappa shape index (κ2) is 8.01. The molecule has 31 heavy (non-hydrogen) atoms. The van der Waals surface area contributed by atoms with Gasteiger partial charge in [-0.1, -0.05) is 39.3 Å². The zero-order chi connectivity index (χ0) is 22.7. The standard InChI is InChI=1S/C27H46O3Si/c1-19(28)30-24-14-13-22-21-12-11-20-10-8-9-16-27(20,23(21)15-17-26(22,24)5)18-29-31(6,7)25(2,3)4/h10,21-24H,8-9,11-18H2,1-7H3/t21-,22-,23-,24-,26-,27+/m0/s1. The lowest BCUT2D eigenvalue weighted by Crippen LogP contribution is -2.55. The van der Waals surface area contributed by atoms with Crippen LogP contribution in [0.1, 0.15) is 92.4 Å². The molecule has 0 radical (unpaired) electrons. The number of ether oxygens (including phenoxy) is 1. The van der Waals surface area contributed by atoms with E-state index in [1.807, 2.05) is 0 Å². The summed E-state index contributed by atoms with van der Waals surface area (Å²) in [6.45, 7) is 16.8. The van der Waals surface area contributed by atoms with Gasteiger partial charge in [0.15, 0.2) is 8.32 Å². The van der Waals surface area contributed by atoms with E-state index >= 15 is 0 Å². The molecule has 0 aromatic heterocycles. The Morgan fingerprint density at radius 2 is 1.87 bits per heavy atom. The summed E-state index contributed by atoms with van der Waals surface area (Å²) >= 11 is 0. The second-order valence-electron chi connectivity index (χ2n) is 13.0. The van der Waals surface area contributed by atoms with Gasteiger partial charge in [-0.25, -0.2) is 0 Å². The Hall–Kier alpha value is -0.613. The van der Waals surface area contributed by atoms with Crippen molar-refractivity contribution in [3.05, 3.63) is 11.6 Å². The van der Waals surface area contributed by atoms with Gasteiger partial charge in [-0.3, -0.25) is 4.79 Å². The van der Waals surface area contributed by atoms with Crippen molar-refractivity contribution < 1.29 is 14.0 Å². The monoisotopic (exact) mass is 446 g/mol. The van der Waals surface area contributed by atoms with Crippen molar-refractivity contribution in [2.75, 3.05) is 6.61 Å². The third-order valence-corrected chi connectivity index (χ3v) is 14.9. The number of hydrogen-bond acceptors (Lipinski definition) is 3. The predicted octanol–water partition coefficient (Wildman–Crippen LogP) is 7.27. The first-order chi connectivity index (χ1) is 14.4. The van der Waals surface area contributed by atoms with E-state index in [1.54, 1.807) is 12.5 Å². The van der Waals surface area contributed by atoms with Crippen molar-refractivity contribution in [2.45, 2.75) is 117 Å². The zero-order valence-electron chi connectivity index (χ0n) is 21.2. The number of carbonyl (C=O) groups excluding carboxylic acids is 1. The normalized spacial score (nSPS) is 40.4. The van der Waals surface area contributed by atoms with Crippen LogP contribution in [0.5, 0.6) is 0 Å². The Bertz CT molecular complexity index is 735. The molecule has 4 heteroatoms. The van der Waals surface area contributed by atoms with Gasteiger partial charge in [0.2, 0.25) is 0 Å². The largest absolute Gasteiger partial charge is 0.462 e. The predicted molar refractivity (Wildman–Crippen MR) is 129 cm³/mol. The van der Waals surface area contributed by atoms with Crippen molar-refractivity contribution in [3.63, 3.8) is 0 Å². The maximum absolute atomic E-state index is 11.8. The van der Waals surface area contributed by atoms with Crippen LogP contribution >= 0.6 is 0 Å². The summed E-state index contributed by atoms with van der Waals surface area (Å²) in [5, 5.41) is 0.254. The number of esters is 1. The summed E-state index contributed by atoms with van der Waals surface area (Å²) in [5.41, 5.74) is 2.17. The fourth-order valence-corrected chi connectivity index (χ4v) is 8.73. The van der Waals surface area contributed by atoms with E-state index in [0.29, 0.717) is 5.92 Å². The first kappa shape index (κ1) is 23.5. The molecular formula is C27H46O3Si. The molecule has 0 amide bonds. The molecule has 0 bridgehead atoms. The first-order valence-corrected chi connectivity index (χ1v) is 15.8. The van der Waals surface area contributed by atoms with E-state index in [9.17, 15) is 4.79 Å². The molecule has 0 spiro atoms. The van der Waals surface area contributed by atoms with Crippen LogP contribution in [0.15, 0.2) is 11.6 Å². The van der Waals surface area contributed by atoms with Crippen molar-refractivity contribution in [3.8, 4) is 0 Å². The molecule has 0 aliphatic heterocycles. The van der Waals surface area contributed by atoms with Gasteiger partial charge in [-0.05, 0) is 93.7 Å². The minimum absolute atomic E-state index is 0.102. The molecule has 4 rings (SSSR count). The lowest BCUT2D eigenvalue weighted by molar-refractivity contribution is -0.157. The molecule has 3 fully saturated rings. The van der Waals surface area contributed by atoms with Crippen LogP contribution in [0.3, 0.4) is 0 Å². The molecular weight excluding hydrogens is 400 g/mol. The van der Waals surface area contributed by atoms with Gasteiger partial charge in [-0.15, -0.1) is 0 Å². The molecule has 0 aromatic rings. The van der Waals surface area contributed by atoms with Crippen LogP contribution in [0, 0.1) is 28.6 Å². The number of hydrogen-bond donors (Lipinski definition) is 0. The van der Waals surface area contributed by atoms with Gasteiger partial charge in [0.25, 0.3) is 0 Å². The topological polar surface area (TPSA) is 35.5 Å². The number of carbonyl (C=O) groups is 1. The maximum Gasteiger partial charge on any atom is 0.302 e. The molecule has 6 atom stereocenters. The molecule has 176 valence electrons. The lowest BCUT2D eigenvalue weighted by atomic mass is 9.47. The summed E-state index contributed by atoms with van der Waals surface area (Å²) in [6.07, 6.45) is 13.9. The molecule has 4 aliphatic rings. The molecule has 3 saturated carbocycles. The highest BCUT2D eigenvalue weighted by molar-refractivity contribution is 6.74. The number of fused-ring (bicyclic) bond motifs is 5. The molecule has 0 aromatic carbocycles. The van der Waals surface area contributed by atoms with E-state index in [0.717, 1.165) is 24.9 Å². The summed E-state index contributed by atoms with van der Waals surface area (Å²) in [4.78, 5) is 11.8. The van der Waals surface area contributed by atoms with Gasteiger partial charge in [0, 0.05) is 24.4 Å². The van der Waals surface area contributed by atoms with E-state index in [1.165, 1.54) is 51.4 Å². The second-order valence-corrected chi connectivity index (χ2v) is 17.8. The van der Waals surface area contributed by atoms with Crippen molar-refractivity contribution >= 4 is 14.3 Å². The molecule has 0 unspecified atom stereocenters. The Labute approximate surface area is 191 Å². The molecule has 4 aliphatic carbocycles. The van der Waals surface area contributed by atoms with Gasteiger partial charge in [0.1, 0.15) is 6.10 Å². The third kappa shape index (κ3) is 3.88. The van der Waals surface area contributed by atoms with E-state index in [4.69, 9.17) is 9.16 Å². The van der Waals surface area contributed by atoms with E-state index in [-0.39, 0.29) is 27.9 Å². The summed E-state index contributed by atoms with van der Waals surface area (Å²) < 4.78 is 12.8. The van der Waals surface area contributed by atoms with Crippen LogP contribution in [-0.4, -0.2) is 27.0 Å². The third-order valence-electron chi connectivity index (χ3n) is 10.5. The Morgan fingerprint density at radius 1 is 1.13 bits per heavy atom.